The molecule has 6 rings (SSSR count). The van der Waals surface area contributed by atoms with Crippen molar-refractivity contribution in [3.63, 3.8) is 0 Å². The number of hydrogen-bond acceptors (Lipinski definition) is 2. The molecule has 0 aliphatic carbocycles. The van der Waals surface area contributed by atoms with Gasteiger partial charge >= 0.3 is 0 Å². The molecule has 162 valence electrons. The molecule has 2 aliphatic heterocycles. The highest BCUT2D eigenvalue weighted by Gasteiger charge is 2.58. The Morgan fingerprint density at radius 3 is 2.56 bits per heavy atom. The summed E-state index contributed by atoms with van der Waals surface area (Å²) in [5.41, 5.74) is 5.83. The molecule has 0 N–H and O–H groups in total. The van der Waals surface area contributed by atoms with Crippen molar-refractivity contribution in [3.05, 3.63) is 82.3 Å². The van der Waals surface area contributed by atoms with Gasteiger partial charge in [0.15, 0.2) is 5.72 Å². The van der Waals surface area contributed by atoms with E-state index in [2.05, 4.69) is 119 Å². The van der Waals surface area contributed by atoms with Crippen LogP contribution in [0.4, 0.5) is 5.69 Å². The Morgan fingerprint density at radius 2 is 1.75 bits per heavy atom. The Labute approximate surface area is 197 Å². The first kappa shape index (κ1) is 20.1. The molecular formula is C28H27BrN2O. The minimum atomic E-state index is -0.452. The fraction of sp³-hybridized carbons (Fsp3) is 0.286. The first-order valence-electron chi connectivity index (χ1n) is 11.4. The maximum Gasteiger partial charge on any atom is 0.170 e. The molecule has 0 amide bonds. The number of benzene rings is 3. The molecule has 4 aromatic rings. The van der Waals surface area contributed by atoms with E-state index in [9.17, 15) is 0 Å². The van der Waals surface area contributed by atoms with Crippen molar-refractivity contribution in [2.24, 2.45) is 0 Å². The summed E-state index contributed by atoms with van der Waals surface area (Å²) < 4.78 is 10.0. The molecule has 1 aromatic heterocycles. The first-order chi connectivity index (χ1) is 15.5. The lowest BCUT2D eigenvalue weighted by molar-refractivity contribution is 0.000337. The minimum absolute atomic E-state index is 0.135. The number of nitrogens with zero attached hydrogens (tertiary/aromatic N) is 2. The van der Waals surface area contributed by atoms with Gasteiger partial charge in [0.1, 0.15) is 0 Å². The maximum absolute atomic E-state index is 6.51. The second-order valence-corrected chi connectivity index (χ2v) is 10.3. The molecule has 1 unspecified atom stereocenters. The summed E-state index contributed by atoms with van der Waals surface area (Å²) in [7, 11) is 0. The van der Waals surface area contributed by atoms with E-state index in [0.717, 1.165) is 24.2 Å². The zero-order chi connectivity index (χ0) is 22.1. The van der Waals surface area contributed by atoms with Crippen molar-refractivity contribution >= 4 is 49.5 Å². The number of hydrogen-bond donors (Lipinski definition) is 0. The van der Waals surface area contributed by atoms with Gasteiger partial charge in [0, 0.05) is 50.5 Å². The van der Waals surface area contributed by atoms with Gasteiger partial charge in [0.2, 0.25) is 0 Å². The van der Waals surface area contributed by atoms with Crippen molar-refractivity contribution in [3.8, 4) is 0 Å². The number of para-hydroxylation sites is 1. The number of aryl methyl sites for hydroxylation is 1. The van der Waals surface area contributed by atoms with Crippen LogP contribution < -0.4 is 4.90 Å². The number of ether oxygens (including phenoxy) is 1. The Kier molecular flexibility index (Phi) is 4.37. The van der Waals surface area contributed by atoms with Gasteiger partial charge in [-0.25, -0.2) is 0 Å². The van der Waals surface area contributed by atoms with Gasteiger partial charge in [-0.15, -0.1) is 0 Å². The normalized spacial score (nSPS) is 21.7. The second-order valence-electron chi connectivity index (χ2n) is 9.35. The van der Waals surface area contributed by atoms with Crippen molar-refractivity contribution in [1.29, 1.82) is 0 Å². The molecule has 0 bridgehead atoms. The van der Waals surface area contributed by atoms with E-state index in [1.165, 1.54) is 38.6 Å². The van der Waals surface area contributed by atoms with Crippen LogP contribution >= 0.6 is 15.9 Å². The van der Waals surface area contributed by atoms with Gasteiger partial charge in [-0.2, -0.15) is 0 Å². The van der Waals surface area contributed by atoms with Gasteiger partial charge in [0.05, 0.1) is 6.61 Å². The summed E-state index contributed by atoms with van der Waals surface area (Å²) in [4.78, 5) is 2.44. The number of rotatable bonds is 3. The molecule has 2 aliphatic rings. The molecular weight excluding hydrogens is 460 g/mol. The van der Waals surface area contributed by atoms with Crippen molar-refractivity contribution in [2.45, 2.75) is 38.5 Å². The van der Waals surface area contributed by atoms with E-state index < -0.39 is 5.72 Å². The monoisotopic (exact) mass is 486 g/mol. The Balaban J connectivity index is 1.48. The van der Waals surface area contributed by atoms with Gasteiger partial charge < -0.3 is 14.2 Å². The Morgan fingerprint density at radius 1 is 1.00 bits per heavy atom. The van der Waals surface area contributed by atoms with Crippen LogP contribution in [0.25, 0.3) is 27.9 Å². The van der Waals surface area contributed by atoms with Crippen molar-refractivity contribution in [1.82, 2.24) is 4.57 Å². The first-order valence-corrected chi connectivity index (χ1v) is 12.2. The predicted octanol–water partition coefficient (Wildman–Crippen LogP) is 7.11. The molecule has 0 spiro atoms. The van der Waals surface area contributed by atoms with Crippen LogP contribution in [0, 0.1) is 0 Å². The van der Waals surface area contributed by atoms with E-state index >= 15 is 0 Å². The maximum atomic E-state index is 6.51. The van der Waals surface area contributed by atoms with Crippen LogP contribution in [0.5, 0.6) is 0 Å². The molecule has 3 heterocycles. The number of halogens is 1. The zero-order valence-electron chi connectivity index (χ0n) is 18.7. The molecule has 3 nitrogen and oxygen atoms in total. The van der Waals surface area contributed by atoms with Crippen LogP contribution in [-0.2, 0) is 16.7 Å². The summed E-state index contributed by atoms with van der Waals surface area (Å²) in [5, 5.41) is 2.58. The summed E-state index contributed by atoms with van der Waals surface area (Å²) in [6.45, 7) is 9.43. The molecule has 1 fully saturated rings. The third kappa shape index (κ3) is 2.57. The third-order valence-corrected chi connectivity index (χ3v) is 7.96. The van der Waals surface area contributed by atoms with Crippen LogP contribution in [0.1, 0.15) is 31.9 Å². The van der Waals surface area contributed by atoms with Gasteiger partial charge in [-0.1, -0.05) is 60.1 Å². The van der Waals surface area contributed by atoms with E-state index in [1.807, 2.05) is 0 Å². The van der Waals surface area contributed by atoms with E-state index in [1.54, 1.807) is 0 Å². The zero-order valence-corrected chi connectivity index (χ0v) is 20.3. The Hall–Kier alpha value is -2.56. The third-order valence-electron chi connectivity index (χ3n) is 7.47. The topological polar surface area (TPSA) is 17.4 Å². The quantitative estimate of drug-likeness (QED) is 0.306. The van der Waals surface area contributed by atoms with Crippen molar-refractivity contribution in [2.75, 3.05) is 18.1 Å². The largest absolute Gasteiger partial charge is 0.349 e. The molecule has 0 radical (unpaired) electrons. The summed E-state index contributed by atoms with van der Waals surface area (Å²) in [5.74, 6) is 0. The van der Waals surface area contributed by atoms with Crippen molar-refractivity contribution < 1.29 is 4.74 Å². The SMILES string of the molecule is CCn1c2ccc(Br)cc2c2cc(/C=C/C34OCCN3c3ccccc3C4(C)C)ccc21. The standard InChI is InChI=1S/C28H27BrN2O/c1-4-30-24-11-9-19(17-21(24)22-18-20(29)10-12-25(22)30)13-14-28-27(2,3)23-7-5-6-8-26(23)31(28)15-16-32-28/h5-14,17-18H,4,15-16H2,1-3H3/b14-13+. The summed E-state index contributed by atoms with van der Waals surface area (Å²) >= 11 is 3.65. The lowest BCUT2D eigenvalue weighted by atomic mass is 9.77. The van der Waals surface area contributed by atoms with E-state index in [0.29, 0.717) is 0 Å². The van der Waals surface area contributed by atoms with Gasteiger partial charge in [-0.3, -0.25) is 0 Å². The number of fused-ring (bicyclic) bond motifs is 6. The highest BCUT2D eigenvalue weighted by molar-refractivity contribution is 9.10. The fourth-order valence-corrected chi connectivity index (χ4v) is 6.24. The van der Waals surface area contributed by atoms with E-state index in [4.69, 9.17) is 4.74 Å². The van der Waals surface area contributed by atoms with Crippen LogP contribution in [-0.4, -0.2) is 23.4 Å². The van der Waals surface area contributed by atoms with Gasteiger partial charge in [0.25, 0.3) is 0 Å². The fourth-order valence-electron chi connectivity index (χ4n) is 5.88. The highest BCUT2D eigenvalue weighted by Crippen LogP contribution is 2.55. The average Bonchev–Trinajstić information content (AvgIpc) is 3.41. The number of anilines is 1. The summed E-state index contributed by atoms with van der Waals surface area (Å²) in [6.07, 6.45) is 4.54. The molecule has 1 saturated heterocycles. The smallest absolute Gasteiger partial charge is 0.170 e. The van der Waals surface area contributed by atoms with Gasteiger partial charge in [-0.05, 0) is 60.5 Å². The molecule has 1 atom stereocenters. The van der Waals surface area contributed by atoms with E-state index in [-0.39, 0.29) is 5.41 Å². The lowest BCUT2D eigenvalue weighted by Crippen LogP contribution is -2.51. The van der Waals surface area contributed by atoms with Crippen LogP contribution in [0.3, 0.4) is 0 Å². The summed E-state index contributed by atoms with van der Waals surface area (Å²) in [6, 6.07) is 22.1. The molecule has 32 heavy (non-hydrogen) atoms. The second kappa shape index (κ2) is 6.97. The Bertz CT molecular complexity index is 1400. The lowest BCUT2D eigenvalue weighted by Gasteiger charge is -2.39. The molecule has 4 heteroatoms. The van der Waals surface area contributed by atoms with Crippen LogP contribution in [0.15, 0.2) is 71.2 Å². The van der Waals surface area contributed by atoms with Crippen LogP contribution in [0.2, 0.25) is 0 Å². The minimum Gasteiger partial charge on any atom is -0.349 e. The highest BCUT2D eigenvalue weighted by atomic mass is 79.9. The molecule has 3 aromatic carbocycles. The molecule has 0 saturated carbocycles. The predicted molar refractivity (Wildman–Crippen MR) is 137 cm³/mol. The average molecular weight is 487 g/mol. The number of aromatic nitrogens is 1.